The largest absolute Gasteiger partial charge is 0.336 e. The van der Waals surface area contributed by atoms with Crippen molar-refractivity contribution in [3.8, 4) is 0 Å². The zero-order valence-electron chi connectivity index (χ0n) is 12.5. The maximum atomic E-state index is 6.04. The fourth-order valence-corrected chi connectivity index (χ4v) is 3.53. The lowest BCUT2D eigenvalue weighted by molar-refractivity contribution is 0.312. The number of hydrogen-bond acceptors (Lipinski definition) is 7. The Balaban J connectivity index is 1.95. The molecule has 0 atom stereocenters. The number of hydrogen-bond donors (Lipinski definition) is 0. The van der Waals surface area contributed by atoms with Crippen LogP contribution in [0.15, 0.2) is 28.4 Å². The van der Waals surface area contributed by atoms with E-state index in [1.807, 2.05) is 6.07 Å². The molecule has 0 radical (unpaired) electrons. The van der Waals surface area contributed by atoms with Crippen molar-refractivity contribution in [2.24, 2.45) is 0 Å². The number of anilines is 2. The van der Waals surface area contributed by atoms with Crippen LogP contribution in [0.2, 0.25) is 5.15 Å². The first-order chi connectivity index (χ1) is 10.7. The lowest BCUT2D eigenvalue weighted by Crippen LogP contribution is -2.34. The van der Waals surface area contributed by atoms with Crippen molar-refractivity contribution < 1.29 is 0 Å². The molecule has 0 saturated carbocycles. The molecule has 0 amide bonds. The van der Waals surface area contributed by atoms with Crippen molar-refractivity contribution in [2.75, 3.05) is 31.1 Å². The fourth-order valence-electron chi connectivity index (χ4n) is 2.45. The van der Waals surface area contributed by atoms with Gasteiger partial charge in [0.1, 0.15) is 5.03 Å². The number of fused-ring (bicyclic) bond motifs is 2. The summed E-state index contributed by atoms with van der Waals surface area (Å²) in [6.07, 6.45) is 3.56. The lowest BCUT2D eigenvalue weighted by Gasteiger charge is -2.32. The first kappa shape index (κ1) is 15.5. The van der Waals surface area contributed by atoms with E-state index in [0.717, 1.165) is 47.5 Å². The van der Waals surface area contributed by atoms with Crippen LogP contribution in [0.25, 0.3) is 0 Å². The van der Waals surface area contributed by atoms with E-state index in [1.165, 1.54) is 0 Å². The normalized spacial score (nSPS) is 13.2. The minimum atomic E-state index is 0.401. The molecule has 22 heavy (non-hydrogen) atoms. The quantitative estimate of drug-likeness (QED) is 0.832. The molecule has 0 spiro atoms. The molecular weight excluding hydrogens is 320 g/mol. The molecule has 0 bridgehead atoms. The SMILES string of the molecule is CCN(CC)CCN1c2cnncc2Sc2nnc(Cl)cc21. The van der Waals surface area contributed by atoms with Crippen molar-refractivity contribution in [3.63, 3.8) is 0 Å². The highest BCUT2D eigenvalue weighted by Gasteiger charge is 2.26. The summed E-state index contributed by atoms with van der Waals surface area (Å²) in [7, 11) is 0. The molecule has 0 N–H and O–H groups in total. The average molecular weight is 337 g/mol. The highest BCUT2D eigenvalue weighted by atomic mass is 35.5. The van der Waals surface area contributed by atoms with Gasteiger partial charge < -0.3 is 9.80 Å². The monoisotopic (exact) mass is 336 g/mol. The number of likely N-dealkylation sites (N-methyl/N-ethyl adjacent to an activating group) is 1. The Morgan fingerprint density at radius 3 is 2.68 bits per heavy atom. The molecule has 0 saturated heterocycles. The van der Waals surface area contributed by atoms with Gasteiger partial charge in [-0.25, -0.2) is 0 Å². The minimum absolute atomic E-state index is 0.401. The van der Waals surface area contributed by atoms with E-state index in [9.17, 15) is 0 Å². The van der Waals surface area contributed by atoms with Crippen molar-refractivity contribution >= 4 is 34.7 Å². The van der Waals surface area contributed by atoms with Crippen LogP contribution in [0.4, 0.5) is 11.4 Å². The van der Waals surface area contributed by atoms with Crippen molar-refractivity contribution in [3.05, 3.63) is 23.6 Å². The molecular formula is C14H17ClN6S. The molecule has 1 aliphatic rings. The van der Waals surface area contributed by atoms with E-state index >= 15 is 0 Å². The van der Waals surface area contributed by atoms with Gasteiger partial charge in [-0.1, -0.05) is 37.2 Å². The summed E-state index contributed by atoms with van der Waals surface area (Å²) in [6.45, 7) is 8.21. The summed E-state index contributed by atoms with van der Waals surface area (Å²) < 4.78 is 0. The van der Waals surface area contributed by atoms with Gasteiger partial charge in [0, 0.05) is 19.2 Å². The summed E-state index contributed by atoms with van der Waals surface area (Å²) in [5.41, 5.74) is 2.03. The maximum Gasteiger partial charge on any atom is 0.153 e. The summed E-state index contributed by atoms with van der Waals surface area (Å²) in [5.74, 6) is 0. The van der Waals surface area contributed by atoms with Crippen LogP contribution in [0.3, 0.4) is 0 Å². The molecule has 1 aliphatic heterocycles. The molecule has 116 valence electrons. The van der Waals surface area contributed by atoms with E-state index < -0.39 is 0 Å². The summed E-state index contributed by atoms with van der Waals surface area (Å²) >= 11 is 7.59. The number of aromatic nitrogens is 4. The van der Waals surface area contributed by atoms with Gasteiger partial charge in [0.25, 0.3) is 0 Å². The van der Waals surface area contributed by atoms with Crippen LogP contribution < -0.4 is 4.90 Å². The fraction of sp³-hybridized carbons (Fsp3) is 0.429. The standard InChI is InChI=1S/C14H17ClN6S/c1-3-20(4-2)5-6-21-10-7-13(15)18-19-14(10)22-12-9-17-16-8-11(12)21/h7-9H,3-6H2,1-2H3. The van der Waals surface area contributed by atoms with E-state index in [1.54, 1.807) is 24.2 Å². The number of nitrogens with zero attached hydrogens (tertiary/aromatic N) is 6. The molecule has 2 aromatic rings. The van der Waals surface area contributed by atoms with Gasteiger partial charge in [-0.2, -0.15) is 10.2 Å². The van der Waals surface area contributed by atoms with Gasteiger partial charge in [0.15, 0.2) is 5.15 Å². The van der Waals surface area contributed by atoms with Crippen LogP contribution in [0, 0.1) is 0 Å². The van der Waals surface area contributed by atoms with Crippen LogP contribution in [0.5, 0.6) is 0 Å². The third-order valence-corrected chi connectivity index (χ3v) is 4.91. The predicted octanol–water partition coefficient (Wildman–Crippen LogP) is 2.86. The lowest BCUT2D eigenvalue weighted by atomic mass is 10.3. The van der Waals surface area contributed by atoms with Gasteiger partial charge in [0.2, 0.25) is 0 Å². The molecule has 6 nitrogen and oxygen atoms in total. The molecule has 0 aromatic carbocycles. The summed E-state index contributed by atoms with van der Waals surface area (Å²) in [5, 5.41) is 17.4. The molecule has 0 unspecified atom stereocenters. The van der Waals surface area contributed by atoms with Crippen LogP contribution in [-0.4, -0.2) is 51.5 Å². The Labute approximate surface area is 138 Å². The van der Waals surface area contributed by atoms with Crippen LogP contribution >= 0.6 is 23.4 Å². The van der Waals surface area contributed by atoms with E-state index in [4.69, 9.17) is 11.6 Å². The van der Waals surface area contributed by atoms with Crippen LogP contribution in [0.1, 0.15) is 13.8 Å². The molecule has 2 aromatic heterocycles. The van der Waals surface area contributed by atoms with Gasteiger partial charge in [-0.05, 0) is 13.1 Å². The Hall–Kier alpha value is -1.44. The van der Waals surface area contributed by atoms with Crippen molar-refractivity contribution in [1.29, 1.82) is 0 Å². The zero-order chi connectivity index (χ0) is 15.5. The Morgan fingerprint density at radius 2 is 1.91 bits per heavy atom. The molecule has 3 rings (SSSR count). The smallest absolute Gasteiger partial charge is 0.153 e. The van der Waals surface area contributed by atoms with Crippen molar-refractivity contribution in [1.82, 2.24) is 25.3 Å². The first-order valence-corrected chi connectivity index (χ1v) is 8.44. The average Bonchev–Trinajstić information content (AvgIpc) is 2.55. The van der Waals surface area contributed by atoms with Crippen LogP contribution in [-0.2, 0) is 0 Å². The Bertz CT molecular complexity index is 664. The minimum Gasteiger partial charge on any atom is -0.336 e. The van der Waals surface area contributed by atoms with Gasteiger partial charge in [0.05, 0.1) is 28.7 Å². The second-order valence-corrected chi connectivity index (χ2v) is 6.29. The third-order valence-electron chi connectivity index (χ3n) is 3.71. The van der Waals surface area contributed by atoms with Gasteiger partial charge >= 0.3 is 0 Å². The summed E-state index contributed by atoms with van der Waals surface area (Å²) in [6, 6.07) is 1.86. The predicted molar refractivity (Wildman–Crippen MR) is 88.0 cm³/mol. The maximum absolute atomic E-state index is 6.04. The third kappa shape index (κ3) is 3.02. The second-order valence-electron chi connectivity index (χ2n) is 4.88. The number of halogens is 1. The van der Waals surface area contributed by atoms with E-state index in [0.29, 0.717) is 5.15 Å². The highest BCUT2D eigenvalue weighted by molar-refractivity contribution is 7.99. The van der Waals surface area contributed by atoms with Gasteiger partial charge in [-0.15, -0.1) is 10.2 Å². The molecule has 8 heteroatoms. The first-order valence-electron chi connectivity index (χ1n) is 7.24. The highest BCUT2D eigenvalue weighted by Crippen LogP contribution is 2.46. The molecule has 0 aliphatic carbocycles. The van der Waals surface area contributed by atoms with Crippen molar-refractivity contribution in [2.45, 2.75) is 23.8 Å². The number of rotatable bonds is 5. The zero-order valence-corrected chi connectivity index (χ0v) is 14.1. The molecule has 0 fully saturated rings. The Kier molecular flexibility index (Phi) is 4.75. The molecule has 3 heterocycles. The summed E-state index contributed by atoms with van der Waals surface area (Å²) in [4.78, 5) is 5.62. The topological polar surface area (TPSA) is 58.0 Å². The Morgan fingerprint density at radius 1 is 1.14 bits per heavy atom. The van der Waals surface area contributed by atoms with E-state index in [2.05, 4.69) is 44.0 Å². The van der Waals surface area contributed by atoms with Gasteiger partial charge in [-0.3, -0.25) is 0 Å². The van der Waals surface area contributed by atoms with E-state index in [-0.39, 0.29) is 0 Å². The second kappa shape index (κ2) is 6.76.